The van der Waals surface area contributed by atoms with Crippen molar-refractivity contribution in [3.8, 4) is 0 Å². The van der Waals surface area contributed by atoms with Gasteiger partial charge in [-0.1, -0.05) is 30.3 Å². The predicted octanol–water partition coefficient (Wildman–Crippen LogP) is 1.28. The van der Waals surface area contributed by atoms with E-state index in [0.717, 1.165) is 5.56 Å². The molecule has 0 radical (unpaired) electrons. The number of halogens is 1. The summed E-state index contributed by atoms with van der Waals surface area (Å²) in [5.41, 5.74) is 1.00. The summed E-state index contributed by atoms with van der Waals surface area (Å²) in [6.07, 6.45) is 0.510. The number of carboxylic acids is 1. The number of aliphatic carboxylic acids is 1. The molecule has 0 saturated heterocycles. The Labute approximate surface area is 105 Å². The zero-order valence-electron chi connectivity index (χ0n) is 9.23. The van der Waals surface area contributed by atoms with Crippen LogP contribution in [0.25, 0.3) is 0 Å². The van der Waals surface area contributed by atoms with E-state index in [-0.39, 0.29) is 18.3 Å². The van der Waals surface area contributed by atoms with Crippen molar-refractivity contribution >= 4 is 23.5 Å². The molecule has 1 rings (SSSR count). The van der Waals surface area contributed by atoms with Crippen LogP contribution in [0.5, 0.6) is 0 Å². The standard InChI is InChI=1S/C12H14ClNO3/c13-7-10(12(17)14-8-11(15)16)6-9-4-2-1-3-5-9/h1-5,10H,6-8H2,(H,14,17)(H,15,16). The van der Waals surface area contributed by atoms with E-state index in [4.69, 9.17) is 16.7 Å². The van der Waals surface area contributed by atoms with Crippen LogP contribution in [-0.2, 0) is 16.0 Å². The molecule has 1 aromatic rings. The average molecular weight is 256 g/mol. The van der Waals surface area contributed by atoms with Gasteiger partial charge in [-0.05, 0) is 12.0 Å². The third kappa shape index (κ3) is 4.87. The van der Waals surface area contributed by atoms with E-state index >= 15 is 0 Å². The maximum atomic E-state index is 11.6. The summed E-state index contributed by atoms with van der Waals surface area (Å²) in [5, 5.41) is 10.8. The van der Waals surface area contributed by atoms with Gasteiger partial charge in [0.2, 0.25) is 5.91 Å². The van der Waals surface area contributed by atoms with Crippen molar-refractivity contribution < 1.29 is 14.7 Å². The number of benzene rings is 1. The highest BCUT2D eigenvalue weighted by Crippen LogP contribution is 2.10. The molecule has 92 valence electrons. The topological polar surface area (TPSA) is 66.4 Å². The lowest BCUT2D eigenvalue weighted by Crippen LogP contribution is -2.36. The lowest BCUT2D eigenvalue weighted by molar-refractivity contribution is -0.138. The Kier molecular flexibility index (Phi) is 5.49. The maximum Gasteiger partial charge on any atom is 0.322 e. The molecule has 0 bridgehead atoms. The Morgan fingerprint density at radius 3 is 2.47 bits per heavy atom. The molecule has 17 heavy (non-hydrogen) atoms. The number of carbonyl (C=O) groups is 2. The molecule has 2 N–H and O–H groups in total. The second kappa shape index (κ2) is 6.91. The minimum absolute atomic E-state index is 0.167. The van der Waals surface area contributed by atoms with Gasteiger partial charge in [0, 0.05) is 5.88 Å². The van der Waals surface area contributed by atoms with Gasteiger partial charge < -0.3 is 10.4 Å². The quantitative estimate of drug-likeness (QED) is 0.753. The van der Waals surface area contributed by atoms with Gasteiger partial charge in [0.25, 0.3) is 0 Å². The van der Waals surface area contributed by atoms with Crippen LogP contribution < -0.4 is 5.32 Å². The Morgan fingerprint density at radius 2 is 1.94 bits per heavy atom. The highest BCUT2D eigenvalue weighted by Gasteiger charge is 2.18. The predicted molar refractivity (Wildman–Crippen MR) is 65.0 cm³/mol. The summed E-state index contributed by atoms with van der Waals surface area (Å²) in [6, 6.07) is 9.48. The molecule has 5 heteroatoms. The number of hydrogen-bond acceptors (Lipinski definition) is 2. The molecule has 0 spiro atoms. The number of alkyl halides is 1. The van der Waals surface area contributed by atoms with E-state index in [0.29, 0.717) is 6.42 Å². The molecule has 1 unspecified atom stereocenters. The number of rotatable bonds is 6. The molecule has 0 aromatic heterocycles. The zero-order valence-corrected chi connectivity index (χ0v) is 9.98. The van der Waals surface area contributed by atoms with Gasteiger partial charge in [0.15, 0.2) is 0 Å². The zero-order chi connectivity index (χ0) is 12.7. The van der Waals surface area contributed by atoms with E-state index in [1.807, 2.05) is 30.3 Å². The van der Waals surface area contributed by atoms with Crippen LogP contribution in [0.15, 0.2) is 30.3 Å². The molecule has 1 amide bonds. The molecule has 1 aromatic carbocycles. The fraction of sp³-hybridized carbons (Fsp3) is 0.333. The number of nitrogens with one attached hydrogen (secondary N) is 1. The fourth-order valence-electron chi connectivity index (χ4n) is 1.42. The maximum absolute atomic E-state index is 11.6. The lowest BCUT2D eigenvalue weighted by Gasteiger charge is -2.13. The molecule has 4 nitrogen and oxygen atoms in total. The van der Waals surface area contributed by atoms with E-state index in [1.54, 1.807) is 0 Å². The summed E-state index contributed by atoms with van der Waals surface area (Å²) in [7, 11) is 0. The minimum Gasteiger partial charge on any atom is -0.480 e. The number of amides is 1. The number of hydrogen-bond donors (Lipinski definition) is 2. The first-order chi connectivity index (χ1) is 8.13. The van der Waals surface area contributed by atoms with Gasteiger partial charge in [-0.3, -0.25) is 9.59 Å². The average Bonchev–Trinajstić information content (AvgIpc) is 2.34. The van der Waals surface area contributed by atoms with Crippen LogP contribution in [-0.4, -0.2) is 29.4 Å². The molecule has 0 heterocycles. The van der Waals surface area contributed by atoms with Gasteiger partial charge >= 0.3 is 5.97 Å². The molecule has 0 saturated carbocycles. The second-order valence-electron chi connectivity index (χ2n) is 3.65. The molecular formula is C12H14ClNO3. The van der Waals surface area contributed by atoms with Crippen molar-refractivity contribution in [1.29, 1.82) is 0 Å². The van der Waals surface area contributed by atoms with Gasteiger partial charge in [-0.25, -0.2) is 0 Å². The van der Waals surface area contributed by atoms with Gasteiger partial charge in [-0.15, -0.1) is 11.6 Å². The van der Waals surface area contributed by atoms with Crippen molar-refractivity contribution in [2.75, 3.05) is 12.4 Å². The van der Waals surface area contributed by atoms with Crippen molar-refractivity contribution in [3.05, 3.63) is 35.9 Å². The minimum atomic E-state index is -1.06. The fourth-order valence-corrected chi connectivity index (χ4v) is 1.67. The lowest BCUT2D eigenvalue weighted by atomic mass is 10.0. The molecule has 0 fully saturated rings. The van der Waals surface area contributed by atoms with Crippen LogP contribution in [0.1, 0.15) is 5.56 Å². The van der Waals surface area contributed by atoms with Crippen LogP contribution in [0.2, 0.25) is 0 Å². The SMILES string of the molecule is O=C(O)CNC(=O)C(CCl)Cc1ccccc1. The number of carboxylic acid groups (broad SMARTS) is 1. The Hall–Kier alpha value is -1.55. The summed E-state index contributed by atoms with van der Waals surface area (Å²) >= 11 is 5.72. The Balaban J connectivity index is 2.53. The summed E-state index contributed by atoms with van der Waals surface area (Å²) in [5.74, 6) is -1.63. The normalized spacial score (nSPS) is 11.8. The van der Waals surface area contributed by atoms with E-state index < -0.39 is 11.9 Å². The largest absolute Gasteiger partial charge is 0.480 e. The summed E-state index contributed by atoms with van der Waals surface area (Å²) in [4.78, 5) is 21.9. The van der Waals surface area contributed by atoms with Crippen LogP contribution in [0.3, 0.4) is 0 Å². The number of carbonyl (C=O) groups excluding carboxylic acids is 1. The van der Waals surface area contributed by atoms with E-state index in [1.165, 1.54) is 0 Å². The Bertz CT molecular complexity index is 381. The van der Waals surface area contributed by atoms with Crippen molar-refractivity contribution in [2.45, 2.75) is 6.42 Å². The Morgan fingerprint density at radius 1 is 1.29 bits per heavy atom. The van der Waals surface area contributed by atoms with E-state index in [9.17, 15) is 9.59 Å². The molecular weight excluding hydrogens is 242 g/mol. The third-order valence-corrected chi connectivity index (χ3v) is 2.67. The third-order valence-electron chi connectivity index (χ3n) is 2.30. The van der Waals surface area contributed by atoms with E-state index in [2.05, 4.69) is 5.32 Å². The molecule has 0 aliphatic carbocycles. The first kappa shape index (κ1) is 13.5. The highest BCUT2D eigenvalue weighted by molar-refractivity contribution is 6.19. The summed E-state index contributed by atoms with van der Waals surface area (Å²) in [6.45, 7) is -0.374. The first-order valence-corrected chi connectivity index (χ1v) is 5.76. The first-order valence-electron chi connectivity index (χ1n) is 5.23. The van der Waals surface area contributed by atoms with Gasteiger partial charge in [-0.2, -0.15) is 0 Å². The van der Waals surface area contributed by atoms with Gasteiger partial charge in [0.1, 0.15) is 6.54 Å². The molecule has 0 aliphatic rings. The molecule has 1 atom stereocenters. The molecule has 0 aliphatic heterocycles. The highest BCUT2D eigenvalue weighted by atomic mass is 35.5. The second-order valence-corrected chi connectivity index (χ2v) is 3.96. The monoisotopic (exact) mass is 255 g/mol. The smallest absolute Gasteiger partial charge is 0.322 e. The van der Waals surface area contributed by atoms with Crippen LogP contribution >= 0.6 is 11.6 Å². The van der Waals surface area contributed by atoms with Gasteiger partial charge in [0.05, 0.1) is 5.92 Å². The van der Waals surface area contributed by atoms with Crippen molar-refractivity contribution in [2.24, 2.45) is 5.92 Å². The van der Waals surface area contributed by atoms with Crippen molar-refractivity contribution in [3.63, 3.8) is 0 Å². The van der Waals surface area contributed by atoms with Crippen LogP contribution in [0, 0.1) is 5.92 Å². The summed E-state index contributed by atoms with van der Waals surface area (Å²) < 4.78 is 0. The van der Waals surface area contributed by atoms with Crippen LogP contribution in [0.4, 0.5) is 0 Å². The van der Waals surface area contributed by atoms with Crippen molar-refractivity contribution in [1.82, 2.24) is 5.32 Å².